The van der Waals surface area contributed by atoms with Crippen LogP contribution in [-0.4, -0.2) is 97.7 Å². The van der Waals surface area contributed by atoms with E-state index < -0.39 is 36.2 Å². The van der Waals surface area contributed by atoms with Gasteiger partial charge < -0.3 is 61.2 Å². The molecule has 4 rings (SSSR count). The highest BCUT2D eigenvalue weighted by atomic mass is 16.6. The summed E-state index contributed by atoms with van der Waals surface area (Å²) < 4.78 is 33.1. The van der Waals surface area contributed by atoms with Crippen molar-refractivity contribution in [1.82, 2.24) is 19.9 Å². The minimum absolute atomic E-state index is 0.0820. The molecule has 0 aliphatic rings. The summed E-state index contributed by atoms with van der Waals surface area (Å²) in [6, 6.07) is 9.66. The fourth-order valence-corrected chi connectivity index (χ4v) is 5.42. The zero-order valence-electron chi connectivity index (χ0n) is 35.0. The third kappa shape index (κ3) is 12.1. The number of nitrogens with zero attached hydrogens (tertiary/aromatic N) is 4. The maximum Gasteiger partial charge on any atom is 0.323 e. The van der Waals surface area contributed by atoms with Crippen LogP contribution in [0.25, 0.3) is 11.0 Å². The second-order valence-electron chi connectivity index (χ2n) is 14.4. The molecule has 2 unspecified atom stereocenters. The molecule has 0 fully saturated rings. The van der Waals surface area contributed by atoms with E-state index in [2.05, 4.69) is 21.3 Å². The lowest BCUT2D eigenvalue weighted by Crippen LogP contribution is -2.39. The van der Waals surface area contributed by atoms with E-state index in [1.54, 1.807) is 42.3 Å². The van der Waals surface area contributed by atoms with Crippen LogP contribution in [-0.2, 0) is 32.2 Å². The number of nitrogens with one attached hydrogen (secondary N) is 4. The fraction of sp³-hybridized carbons (Fsp3) is 0.500. The maximum atomic E-state index is 12.6. The van der Waals surface area contributed by atoms with Crippen LogP contribution in [0.4, 0.5) is 23.5 Å². The second-order valence-corrected chi connectivity index (χ2v) is 14.4. The number of fused-ring (bicyclic) bond motifs is 1. The van der Waals surface area contributed by atoms with Crippen LogP contribution in [0.2, 0.25) is 0 Å². The molecule has 18 nitrogen and oxygen atoms in total. The van der Waals surface area contributed by atoms with Gasteiger partial charge in [0.2, 0.25) is 11.9 Å². The molecule has 0 bridgehead atoms. The molecule has 2 aromatic heterocycles. The Bertz CT molecular complexity index is 1860. The van der Waals surface area contributed by atoms with Crippen molar-refractivity contribution in [3.8, 4) is 23.0 Å². The first-order chi connectivity index (χ1) is 27.7. The van der Waals surface area contributed by atoms with Gasteiger partial charge in [-0.2, -0.15) is 9.97 Å². The van der Waals surface area contributed by atoms with Crippen molar-refractivity contribution >= 4 is 46.5 Å². The molecule has 0 aliphatic carbocycles. The van der Waals surface area contributed by atoms with E-state index in [9.17, 15) is 9.59 Å². The number of hydrogen-bond acceptors (Lipinski definition) is 18. The molecule has 18 heteroatoms. The third-order valence-electron chi connectivity index (χ3n) is 9.07. The maximum absolute atomic E-state index is 12.6. The molecule has 2 heterocycles. The van der Waals surface area contributed by atoms with Crippen molar-refractivity contribution in [2.75, 3.05) is 62.8 Å². The Morgan fingerprint density at radius 3 is 1.24 bits per heavy atom. The van der Waals surface area contributed by atoms with Gasteiger partial charge in [-0.05, 0) is 61.1 Å². The molecule has 0 amide bonds. The molecule has 0 spiro atoms. The van der Waals surface area contributed by atoms with Crippen molar-refractivity contribution in [3.05, 3.63) is 47.5 Å². The molecular formula is C40H58N10O8. The van der Waals surface area contributed by atoms with Gasteiger partial charge in [0, 0.05) is 13.1 Å². The largest absolute Gasteiger partial charge is 0.493 e. The number of hydrogen-bond donors (Lipinski definition) is 6. The van der Waals surface area contributed by atoms with Crippen LogP contribution in [0.3, 0.4) is 0 Å². The summed E-state index contributed by atoms with van der Waals surface area (Å²) in [6.07, 6.45) is -1.12. The van der Waals surface area contributed by atoms with Gasteiger partial charge in [0.15, 0.2) is 34.6 Å². The number of aromatic nitrogens is 4. The Balaban J connectivity index is 1.75. The number of methoxy groups -OCH3 is 4. The SMILES string of the molecule is COc1ccc(CNc2nc(NCC(C)OC(=O)[C@@H](N)C(C)C)nc3c(NCc4ccc(OC)c(OC)c4)nc(NCC(C)OC(=O)[C@@H](N)C(C)C)nc23)cc1OC. The number of nitrogens with two attached hydrogens (primary N) is 2. The molecule has 316 valence electrons. The number of carbonyl (C=O) groups is 2. The van der Waals surface area contributed by atoms with E-state index in [0.717, 1.165) is 11.1 Å². The third-order valence-corrected chi connectivity index (χ3v) is 9.07. The van der Waals surface area contributed by atoms with Crippen molar-refractivity contribution in [2.45, 2.75) is 78.9 Å². The van der Waals surface area contributed by atoms with E-state index in [0.29, 0.717) is 58.8 Å². The number of anilines is 4. The Morgan fingerprint density at radius 1 is 0.552 bits per heavy atom. The predicted octanol–water partition coefficient (Wildman–Crippen LogP) is 4.33. The predicted molar refractivity (Wildman–Crippen MR) is 223 cm³/mol. The highest BCUT2D eigenvalue weighted by Crippen LogP contribution is 2.32. The summed E-state index contributed by atoms with van der Waals surface area (Å²) in [7, 11) is 6.29. The van der Waals surface area contributed by atoms with Crippen LogP contribution in [0.1, 0.15) is 52.7 Å². The van der Waals surface area contributed by atoms with Gasteiger partial charge in [-0.25, -0.2) is 9.97 Å². The van der Waals surface area contributed by atoms with E-state index in [-0.39, 0.29) is 36.8 Å². The van der Waals surface area contributed by atoms with Crippen LogP contribution in [0, 0.1) is 11.8 Å². The van der Waals surface area contributed by atoms with Gasteiger partial charge in [-0.3, -0.25) is 9.59 Å². The molecule has 2 aromatic carbocycles. The zero-order valence-corrected chi connectivity index (χ0v) is 35.0. The Morgan fingerprint density at radius 2 is 0.914 bits per heavy atom. The lowest BCUT2D eigenvalue weighted by molar-refractivity contribution is -0.151. The average molecular weight is 807 g/mol. The second kappa shape index (κ2) is 21.0. The number of rotatable bonds is 22. The smallest absolute Gasteiger partial charge is 0.323 e. The van der Waals surface area contributed by atoms with Gasteiger partial charge in [-0.1, -0.05) is 39.8 Å². The van der Waals surface area contributed by atoms with Crippen molar-refractivity contribution in [3.63, 3.8) is 0 Å². The topological polar surface area (TPSA) is 241 Å². The minimum Gasteiger partial charge on any atom is -0.493 e. The van der Waals surface area contributed by atoms with Gasteiger partial charge >= 0.3 is 11.9 Å². The Kier molecular flexibility index (Phi) is 16.3. The first-order valence-corrected chi connectivity index (χ1v) is 19.1. The van der Waals surface area contributed by atoms with Crippen LogP contribution in [0.5, 0.6) is 23.0 Å². The van der Waals surface area contributed by atoms with Crippen LogP contribution in [0.15, 0.2) is 36.4 Å². The molecular weight excluding hydrogens is 749 g/mol. The van der Waals surface area contributed by atoms with Crippen LogP contribution >= 0.6 is 0 Å². The Labute approximate surface area is 339 Å². The summed E-state index contributed by atoms with van der Waals surface area (Å²) >= 11 is 0. The first-order valence-electron chi connectivity index (χ1n) is 19.1. The quantitative estimate of drug-likeness (QED) is 0.0606. The van der Waals surface area contributed by atoms with Gasteiger partial charge in [0.05, 0.1) is 41.5 Å². The summed E-state index contributed by atoms with van der Waals surface area (Å²) in [5.41, 5.74) is 14.5. The van der Waals surface area contributed by atoms with Crippen molar-refractivity contribution < 1.29 is 38.0 Å². The monoisotopic (exact) mass is 806 g/mol. The number of benzene rings is 2. The first kappa shape index (κ1) is 44.8. The molecule has 4 atom stereocenters. The highest BCUT2D eigenvalue weighted by molar-refractivity contribution is 5.94. The van der Waals surface area contributed by atoms with Gasteiger partial charge in [0.1, 0.15) is 35.3 Å². The van der Waals surface area contributed by atoms with E-state index in [1.165, 1.54) is 0 Å². The molecule has 0 aliphatic heterocycles. The van der Waals surface area contributed by atoms with E-state index in [4.69, 9.17) is 59.8 Å². The summed E-state index contributed by atoms with van der Waals surface area (Å²) in [5.74, 6) is 2.34. The van der Waals surface area contributed by atoms with E-state index in [1.807, 2.05) is 64.1 Å². The molecule has 0 saturated heterocycles. The zero-order chi connectivity index (χ0) is 42.5. The van der Waals surface area contributed by atoms with Crippen LogP contribution < -0.4 is 51.7 Å². The minimum atomic E-state index is -0.751. The summed E-state index contributed by atoms with van der Waals surface area (Å²) in [4.78, 5) is 44.4. The molecule has 0 radical (unpaired) electrons. The van der Waals surface area contributed by atoms with E-state index >= 15 is 0 Å². The standard InChI is InChI=1S/C40H58N10O8/c1-21(2)31(41)37(51)57-23(5)17-45-39-47-33-34(35(49-39)43-19-25-11-13-27(53-7)29(15-25)55-9)48-40(46-18-24(6)58-38(52)32(42)22(3)4)50-36(33)44-20-26-12-14-28(54-8)30(16-26)56-10/h11-16,21-24,31-32H,17-20,41-42H2,1-10H3,(H2,43,45,47,49)(H2,44,46,48,50)/t23?,24?,31-,32-/m0/s1. The van der Waals surface area contributed by atoms with Crippen molar-refractivity contribution in [2.24, 2.45) is 23.3 Å². The van der Waals surface area contributed by atoms with Gasteiger partial charge in [0.25, 0.3) is 0 Å². The Hall–Kier alpha value is -5.88. The fourth-order valence-electron chi connectivity index (χ4n) is 5.42. The number of carbonyl (C=O) groups excluding carboxylic acids is 2. The number of esters is 2. The molecule has 0 saturated carbocycles. The van der Waals surface area contributed by atoms with Gasteiger partial charge in [-0.15, -0.1) is 0 Å². The summed E-state index contributed by atoms with van der Waals surface area (Å²) in [6.45, 7) is 11.9. The number of ether oxygens (including phenoxy) is 6. The lowest BCUT2D eigenvalue weighted by Gasteiger charge is -2.20. The lowest BCUT2D eigenvalue weighted by atomic mass is 10.1. The average Bonchev–Trinajstić information content (AvgIpc) is 3.22. The highest BCUT2D eigenvalue weighted by Gasteiger charge is 2.24. The molecule has 8 N–H and O–H groups in total. The normalized spacial score (nSPS) is 13.3. The van der Waals surface area contributed by atoms with Crippen molar-refractivity contribution in [1.29, 1.82) is 0 Å². The summed E-state index contributed by atoms with van der Waals surface area (Å²) in [5, 5.41) is 13.2. The molecule has 4 aromatic rings. The molecule has 58 heavy (non-hydrogen) atoms.